The predicted molar refractivity (Wildman–Crippen MR) is 77.4 cm³/mol. The SMILES string of the molecule is CS(=O)(=O)Nc1ccc(Nc2ccc(F)c(Cl)c2)nc1. The Morgan fingerprint density at radius 3 is 2.45 bits per heavy atom. The molecule has 1 aromatic carbocycles. The average Bonchev–Trinajstić information content (AvgIpc) is 2.35. The Balaban J connectivity index is 2.12. The summed E-state index contributed by atoms with van der Waals surface area (Å²) < 4.78 is 37.4. The lowest BCUT2D eigenvalue weighted by atomic mass is 10.3. The molecule has 1 heterocycles. The maximum absolute atomic E-state index is 13.0. The quantitative estimate of drug-likeness (QED) is 0.910. The molecule has 106 valence electrons. The summed E-state index contributed by atoms with van der Waals surface area (Å²) in [6.45, 7) is 0. The molecule has 0 aliphatic rings. The number of hydrogen-bond donors (Lipinski definition) is 2. The summed E-state index contributed by atoms with van der Waals surface area (Å²) in [4.78, 5) is 4.04. The molecular weight excluding hydrogens is 305 g/mol. The zero-order valence-corrected chi connectivity index (χ0v) is 12.0. The zero-order chi connectivity index (χ0) is 14.8. The number of rotatable bonds is 4. The number of benzene rings is 1. The second-order valence-electron chi connectivity index (χ2n) is 4.06. The fraction of sp³-hybridized carbons (Fsp3) is 0.0833. The van der Waals surface area contributed by atoms with Gasteiger partial charge in [-0.15, -0.1) is 0 Å². The molecule has 2 aromatic rings. The number of aromatic nitrogens is 1. The second kappa shape index (κ2) is 5.64. The Kier molecular flexibility index (Phi) is 4.10. The molecule has 0 radical (unpaired) electrons. The Morgan fingerprint density at radius 1 is 1.20 bits per heavy atom. The van der Waals surface area contributed by atoms with Gasteiger partial charge in [0.1, 0.15) is 11.6 Å². The first-order valence-electron chi connectivity index (χ1n) is 5.49. The van der Waals surface area contributed by atoms with Gasteiger partial charge in [0.25, 0.3) is 0 Å². The lowest BCUT2D eigenvalue weighted by Crippen LogP contribution is -2.09. The van der Waals surface area contributed by atoms with Crippen LogP contribution in [0.25, 0.3) is 0 Å². The van der Waals surface area contributed by atoms with Crippen molar-refractivity contribution >= 4 is 38.8 Å². The van der Waals surface area contributed by atoms with Crippen molar-refractivity contribution in [3.63, 3.8) is 0 Å². The molecule has 1 aromatic heterocycles. The van der Waals surface area contributed by atoms with Crippen molar-refractivity contribution in [1.29, 1.82) is 0 Å². The van der Waals surface area contributed by atoms with Crippen LogP contribution in [0.1, 0.15) is 0 Å². The van der Waals surface area contributed by atoms with E-state index < -0.39 is 15.8 Å². The van der Waals surface area contributed by atoms with Crippen LogP contribution in [0.4, 0.5) is 21.6 Å². The topological polar surface area (TPSA) is 71.1 Å². The average molecular weight is 316 g/mol. The highest BCUT2D eigenvalue weighted by molar-refractivity contribution is 7.92. The summed E-state index contributed by atoms with van der Waals surface area (Å²) >= 11 is 5.67. The van der Waals surface area contributed by atoms with Crippen LogP contribution in [0.3, 0.4) is 0 Å². The minimum absolute atomic E-state index is 0.00497. The van der Waals surface area contributed by atoms with Crippen molar-refractivity contribution in [1.82, 2.24) is 4.98 Å². The molecule has 2 N–H and O–H groups in total. The molecule has 0 aliphatic heterocycles. The van der Waals surface area contributed by atoms with Crippen LogP contribution in [-0.4, -0.2) is 19.7 Å². The molecule has 0 unspecified atom stereocenters. The number of anilines is 3. The summed E-state index contributed by atoms with van der Waals surface area (Å²) in [5.41, 5.74) is 0.933. The van der Waals surface area contributed by atoms with Gasteiger partial charge >= 0.3 is 0 Å². The van der Waals surface area contributed by atoms with Gasteiger partial charge in [-0.25, -0.2) is 17.8 Å². The lowest BCUT2D eigenvalue weighted by molar-refractivity contribution is 0.607. The Labute approximate surface area is 120 Å². The molecule has 0 aliphatic carbocycles. The molecule has 0 saturated carbocycles. The van der Waals surface area contributed by atoms with E-state index in [4.69, 9.17) is 11.6 Å². The number of sulfonamides is 1. The van der Waals surface area contributed by atoms with Crippen LogP contribution in [0.5, 0.6) is 0 Å². The third-order valence-corrected chi connectivity index (χ3v) is 3.15. The molecule has 2 rings (SSSR count). The minimum Gasteiger partial charge on any atom is -0.340 e. The van der Waals surface area contributed by atoms with E-state index in [1.807, 2.05) is 0 Å². The highest BCUT2D eigenvalue weighted by Crippen LogP contribution is 2.22. The smallest absolute Gasteiger partial charge is 0.229 e. The van der Waals surface area contributed by atoms with Crippen LogP contribution in [0.2, 0.25) is 5.02 Å². The van der Waals surface area contributed by atoms with E-state index >= 15 is 0 Å². The lowest BCUT2D eigenvalue weighted by Gasteiger charge is -2.08. The molecule has 0 atom stereocenters. The Hall–Kier alpha value is -1.86. The molecular formula is C12H11ClFN3O2S. The number of halogens is 2. The molecule has 8 heteroatoms. The van der Waals surface area contributed by atoms with Gasteiger partial charge in [0.15, 0.2) is 0 Å². The largest absolute Gasteiger partial charge is 0.340 e. The number of nitrogens with zero attached hydrogens (tertiary/aromatic N) is 1. The predicted octanol–water partition coefficient (Wildman–Crippen LogP) is 2.99. The third kappa shape index (κ3) is 4.07. The maximum atomic E-state index is 13.0. The van der Waals surface area contributed by atoms with Crippen LogP contribution in [0, 0.1) is 5.82 Å². The van der Waals surface area contributed by atoms with Crippen molar-refractivity contribution in [3.8, 4) is 0 Å². The van der Waals surface area contributed by atoms with E-state index in [1.54, 1.807) is 12.1 Å². The van der Waals surface area contributed by atoms with Gasteiger partial charge in [-0.1, -0.05) is 11.6 Å². The van der Waals surface area contributed by atoms with Gasteiger partial charge in [-0.2, -0.15) is 0 Å². The molecule has 0 spiro atoms. The summed E-state index contributed by atoms with van der Waals surface area (Å²) in [6, 6.07) is 7.34. The van der Waals surface area contributed by atoms with Crippen molar-refractivity contribution in [2.24, 2.45) is 0 Å². The third-order valence-electron chi connectivity index (χ3n) is 2.26. The minimum atomic E-state index is -3.33. The van der Waals surface area contributed by atoms with E-state index in [2.05, 4.69) is 15.0 Å². The molecule has 0 saturated heterocycles. The van der Waals surface area contributed by atoms with Gasteiger partial charge in [-0.3, -0.25) is 4.72 Å². The van der Waals surface area contributed by atoms with Crippen LogP contribution in [0.15, 0.2) is 36.5 Å². The zero-order valence-electron chi connectivity index (χ0n) is 10.4. The first-order valence-corrected chi connectivity index (χ1v) is 7.76. The first-order chi connectivity index (χ1) is 9.33. The van der Waals surface area contributed by atoms with Crippen molar-refractivity contribution in [3.05, 3.63) is 47.4 Å². The van der Waals surface area contributed by atoms with E-state index in [-0.39, 0.29) is 5.02 Å². The second-order valence-corrected chi connectivity index (χ2v) is 6.22. The molecule has 0 bridgehead atoms. The molecule has 0 amide bonds. The summed E-state index contributed by atoms with van der Waals surface area (Å²) in [7, 11) is -3.33. The maximum Gasteiger partial charge on any atom is 0.229 e. The summed E-state index contributed by atoms with van der Waals surface area (Å²) in [5.74, 6) is -0.0235. The van der Waals surface area contributed by atoms with Crippen LogP contribution < -0.4 is 10.0 Å². The highest BCUT2D eigenvalue weighted by Gasteiger charge is 2.04. The highest BCUT2D eigenvalue weighted by atomic mass is 35.5. The van der Waals surface area contributed by atoms with Crippen molar-refractivity contribution in [2.45, 2.75) is 0 Å². The summed E-state index contributed by atoms with van der Waals surface area (Å²) in [5, 5.41) is 2.93. The van der Waals surface area contributed by atoms with E-state index in [1.165, 1.54) is 24.4 Å². The standard InChI is InChI=1S/C12H11ClFN3O2S/c1-20(18,19)17-9-3-5-12(15-7-9)16-8-2-4-11(14)10(13)6-8/h2-7,17H,1H3,(H,15,16). The Morgan fingerprint density at radius 2 is 1.90 bits per heavy atom. The Bertz CT molecular complexity index is 720. The van der Waals surface area contributed by atoms with Gasteiger partial charge in [0.05, 0.1) is 23.2 Å². The van der Waals surface area contributed by atoms with Gasteiger partial charge in [-0.05, 0) is 30.3 Å². The van der Waals surface area contributed by atoms with E-state index in [0.717, 1.165) is 6.26 Å². The van der Waals surface area contributed by atoms with Gasteiger partial charge in [0.2, 0.25) is 10.0 Å². The fourth-order valence-electron chi connectivity index (χ4n) is 1.46. The van der Waals surface area contributed by atoms with E-state index in [0.29, 0.717) is 17.2 Å². The van der Waals surface area contributed by atoms with Crippen LogP contribution >= 0.6 is 11.6 Å². The van der Waals surface area contributed by atoms with E-state index in [9.17, 15) is 12.8 Å². The number of hydrogen-bond acceptors (Lipinski definition) is 4. The molecule has 5 nitrogen and oxygen atoms in total. The van der Waals surface area contributed by atoms with Crippen molar-refractivity contribution < 1.29 is 12.8 Å². The van der Waals surface area contributed by atoms with Gasteiger partial charge < -0.3 is 5.32 Å². The molecule has 20 heavy (non-hydrogen) atoms. The number of pyridine rings is 1. The van der Waals surface area contributed by atoms with Crippen LogP contribution in [-0.2, 0) is 10.0 Å². The molecule has 0 fully saturated rings. The first kappa shape index (κ1) is 14.5. The number of nitrogens with one attached hydrogen (secondary N) is 2. The monoisotopic (exact) mass is 315 g/mol. The summed E-state index contributed by atoms with van der Waals surface area (Å²) in [6.07, 6.45) is 2.42. The fourth-order valence-corrected chi connectivity index (χ4v) is 2.19. The van der Waals surface area contributed by atoms with Gasteiger partial charge in [0, 0.05) is 5.69 Å². The normalized spacial score (nSPS) is 11.2. The van der Waals surface area contributed by atoms with Crippen molar-refractivity contribution in [2.75, 3.05) is 16.3 Å².